The molecule has 1 saturated carbocycles. The molecule has 0 unspecified atom stereocenters. The van der Waals surface area contributed by atoms with Crippen molar-refractivity contribution in [3.63, 3.8) is 0 Å². The highest BCUT2D eigenvalue weighted by molar-refractivity contribution is 5.90. The minimum absolute atomic E-state index is 0.113. The lowest BCUT2D eigenvalue weighted by Gasteiger charge is -2.25. The van der Waals surface area contributed by atoms with Gasteiger partial charge in [-0.1, -0.05) is 19.3 Å². The van der Waals surface area contributed by atoms with Crippen LogP contribution >= 0.6 is 0 Å². The molecule has 1 amide bonds. The average Bonchev–Trinajstić information content (AvgIpc) is 2.48. The van der Waals surface area contributed by atoms with Crippen LogP contribution in [0.3, 0.4) is 0 Å². The molecule has 114 valence electrons. The van der Waals surface area contributed by atoms with Gasteiger partial charge in [0, 0.05) is 25.1 Å². The van der Waals surface area contributed by atoms with Crippen molar-refractivity contribution in [1.82, 2.24) is 14.9 Å². The van der Waals surface area contributed by atoms with E-state index in [1.54, 1.807) is 6.33 Å². The quantitative estimate of drug-likeness (QED) is 0.927. The first-order valence-corrected chi connectivity index (χ1v) is 8.03. The Kier molecular flexibility index (Phi) is 4.48. The number of aromatic nitrogens is 2. The number of hydrogen-bond donors (Lipinski definition) is 1. The maximum atomic E-state index is 12.2. The number of carbonyl (C=O) groups is 1. The molecule has 21 heavy (non-hydrogen) atoms. The molecule has 1 aromatic heterocycles. The Morgan fingerprint density at radius 3 is 2.95 bits per heavy atom. The van der Waals surface area contributed by atoms with Crippen LogP contribution in [0.2, 0.25) is 0 Å². The molecule has 1 aliphatic heterocycles. The Balaban J connectivity index is 1.64. The smallest absolute Gasteiger partial charge is 0.225 e. The molecular formula is C16H24N4O. The third kappa shape index (κ3) is 3.59. The van der Waals surface area contributed by atoms with Crippen molar-refractivity contribution in [2.45, 2.75) is 51.5 Å². The number of carbonyl (C=O) groups excluding carboxylic acids is 1. The van der Waals surface area contributed by atoms with Crippen LogP contribution in [0.4, 0.5) is 5.82 Å². The highest BCUT2D eigenvalue weighted by Crippen LogP contribution is 2.27. The van der Waals surface area contributed by atoms with E-state index in [1.807, 2.05) is 0 Å². The zero-order chi connectivity index (χ0) is 14.7. The first kappa shape index (κ1) is 14.4. The minimum atomic E-state index is 0.113. The Bertz CT molecular complexity index is 511. The van der Waals surface area contributed by atoms with Crippen molar-refractivity contribution in [3.05, 3.63) is 17.6 Å². The summed E-state index contributed by atoms with van der Waals surface area (Å²) in [4.78, 5) is 23.1. The monoisotopic (exact) mass is 288 g/mol. The lowest BCUT2D eigenvalue weighted by molar-refractivity contribution is -0.117. The van der Waals surface area contributed by atoms with Gasteiger partial charge in [-0.05, 0) is 32.2 Å². The van der Waals surface area contributed by atoms with E-state index in [2.05, 4.69) is 27.2 Å². The fourth-order valence-corrected chi connectivity index (χ4v) is 3.43. The number of likely N-dealkylation sites (N-methyl/N-ethyl adjacent to an activating group) is 1. The number of amides is 1. The largest absolute Gasteiger partial charge is 0.310 e. The number of anilines is 1. The number of nitrogens with one attached hydrogen (secondary N) is 1. The Hall–Kier alpha value is -1.49. The highest BCUT2D eigenvalue weighted by atomic mass is 16.1. The van der Waals surface area contributed by atoms with Crippen LogP contribution in [-0.2, 0) is 17.8 Å². The molecular weight excluding hydrogens is 264 g/mol. The van der Waals surface area contributed by atoms with Crippen LogP contribution < -0.4 is 5.32 Å². The maximum Gasteiger partial charge on any atom is 0.225 e. The molecule has 2 heterocycles. The van der Waals surface area contributed by atoms with E-state index in [9.17, 15) is 4.79 Å². The first-order valence-electron chi connectivity index (χ1n) is 8.03. The fraction of sp³-hybridized carbons (Fsp3) is 0.688. The third-order valence-corrected chi connectivity index (χ3v) is 4.65. The van der Waals surface area contributed by atoms with E-state index in [0.29, 0.717) is 12.3 Å². The van der Waals surface area contributed by atoms with Crippen molar-refractivity contribution in [3.8, 4) is 0 Å². The second-order valence-electron chi connectivity index (χ2n) is 6.39. The molecule has 5 nitrogen and oxygen atoms in total. The molecule has 1 aromatic rings. The normalized spacial score (nSPS) is 20.0. The summed E-state index contributed by atoms with van der Waals surface area (Å²) in [5.41, 5.74) is 2.17. The van der Waals surface area contributed by atoms with E-state index in [0.717, 1.165) is 36.6 Å². The van der Waals surface area contributed by atoms with Gasteiger partial charge in [0.15, 0.2) is 0 Å². The average molecular weight is 288 g/mol. The Morgan fingerprint density at radius 1 is 1.33 bits per heavy atom. The van der Waals surface area contributed by atoms with E-state index < -0.39 is 0 Å². The number of rotatable bonds is 3. The zero-order valence-electron chi connectivity index (χ0n) is 12.8. The van der Waals surface area contributed by atoms with Crippen molar-refractivity contribution in [2.75, 3.05) is 18.9 Å². The fourth-order valence-electron chi connectivity index (χ4n) is 3.43. The summed E-state index contributed by atoms with van der Waals surface area (Å²) in [5.74, 6) is 1.40. The molecule has 2 aliphatic rings. The van der Waals surface area contributed by atoms with Crippen molar-refractivity contribution < 1.29 is 4.79 Å². The maximum absolute atomic E-state index is 12.2. The number of nitrogens with zero attached hydrogens (tertiary/aromatic N) is 3. The summed E-state index contributed by atoms with van der Waals surface area (Å²) in [6.45, 7) is 1.83. The molecule has 1 aliphatic carbocycles. The van der Waals surface area contributed by atoms with Gasteiger partial charge in [-0.2, -0.15) is 0 Å². The minimum Gasteiger partial charge on any atom is -0.310 e. The molecule has 0 aromatic carbocycles. The van der Waals surface area contributed by atoms with Gasteiger partial charge in [0.1, 0.15) is 12.1 Å². The molecule has 1 fully saturated rings. The molecule has 0 radical (unpaired) electrons. The van der Waals surface area contributed by atoms with Crippen molar-refractivity contribution in [2.24, 2.45) is 5.92 Å². The standard InChI is InChI=1S/C16H24N4O/c1-20-8-7-13-14(10-20)17-11-18-16(13)19-15(21)9-12-5-3-2-4-6-12/h11-12H,2-10H2,1H3,(H,17,18,19,21). The van der Waals surface area contributed by atoms with Gasteiger partial charge < -0.3 is 10.2 Å². The predicted molar refractivity (Wildman–Crippen MR) is 81.9 cm³/mol. The molecule has 1 N–H and O–H groups in total. The van der Waals surface area contributed by atoms with Gasteiger partial charge in [0.2, 0.25) is 5.91 Å². The Morgan fingerprint density at radius 2 is 2.14 bits per heavy atom. The zero-order valence-corrected chi connectivity index (χ0v) is 12.8. The summed E-state index contributed by atoms with van der Waals surface area (Å²) < 4.78 is 0. The van der Waals surface area contributed by atoms with Gasteiger partial charge in [-0.25, -0.2) is 9.97 Å². The van der Waals surface area contributed by atoms with Gasteiger partial charge in [0.05, 0.1) is 5.69 Å². The summed E-state index contributed by atoms with van der Waals surface area (Å²) >= 11 is 0. The summed E-state index contributed by atoms with van der Waals surface area (Å²) in [7, 11) is 2.09. The van der Waals surface area contributed by atoms with Crippen LogP contribution in [0.5, 0.6) is 0 Å². The van der Waals surface area contributed by atoms with E-state index in [4.69, 9.17) is 0 Å². The highest BCUT2D eigenvalue weighted by Gasteiger charge is 2.21. The van der Waals surface area contributed by atoms with Crippen LogP contribution in [0.1, 0.15) is 49.8 Å². The second kappa shape index (κ2) is 6.52. The van der Waals surface area contributed by atoms with Crippen molar-refractivity contribution >= 4 is 11.7 Å². The van der Waals surface area contributed by atoms with Crippen LogP contribution in [0.25, 0.3) is 0 Å². The molecule has 3 rings (SSSR count). The van der Waals surface area contributed by atoms with E-state index >= 15 is 0 Å². The predicted octanol–water partition coefficient (Wildman–Crippen LogP) is 2.37. The van der Waals surface area contributed by atoms with Crippen LogP contribution in [0.15, 0.2) is 6.33 Å². The number of fused-ring (bicyclic) bond motifs is 1. The lowest BCUT2D eigenvalue weighted by Crippen LogP contribution is -2.29. The molecule has 0 bridgehead atoms. The first-order chi connectivity index (χ1) is 10.2. The van der Waals surface area contributed by atoms with Crippen LogP contribution in [0, 0.1) is 5.92 Å². The summed E-state index contributed by atoms with van der Waals surface area (Å²) in [6.07, 6.45) is 9.37. The summed E-state index contributed by atoms with van der Waals surface area (Å²) in [5, 5.41) is 3.02. The SMILES string of the molecule is CN1CCc2c(ncnc2NC(=O)CC2CCCCC2)C1. The molecule has 0 saturated heterocycles. The molecule has 5 heteroatoms. The molecule has 0 spiro atoms. The number of hydrogen-bond acceptors (Lipinski definition) is 4. The second-order valence-corrected chi connectivity index (χ2v) is 6.39. The van der Waals surface area contributed by atoms with Gasteiger partial charge >= 0.3 is 0 Å². The topological polar surface area (TPSA) is 58.1 Å². The third-order valence-electron chi connectivity index (χ3n) is 4.65. The van der Waals surface area contributed by atoms with Gasteiger partial charge in [-0.15, -0.1) is 0 Å². The Labute approximate surface area is 126 Å². The van der Waals surface area contributed by atoms with E-state index in [1.165, 1.54) is 32.1 Å². The van der Waals surface area contributed by atoms with Gasteiger partial charge in [0.25, 0.3) is 0 Å². The molecule has 0 atom stereocenters. The van der Waals surface area contributed by atoms with Crippen LogP contribution in [-0.4, -0.2) is 34.4 Å². The lowest BCUT2D eigenvalue weighted by atomic mass is 9.87. The van der Waals surface area contributed by atoms with E-state index in [-0.39, 0.29) is 5.91 Å². The van der Waals surface area contributed by atoms with Gasteiger partial charge in [-0.3, -0.25) is 4.79 Å². The van der Waals surface area contributed by atoms with Crippen molar-refractivity contribution in [1.29, 1.82) is 0 Å². The summed E-state index contributed by atoms with van der Waals surface area (Å²) in [6, 6.07) is 0.